The van der Waals surface area contributed by atoms with Crippen LogP contribution in [0.1, 0.15) is 37.8 Å². The van der Waals surface area contributed by atoms with Gasteiger partial charge in [0.05, 0.1) is 21.4 Å². The van der Waals surface area contributed by atoms with E-state index in [2.05, 4.69) is 86.4 Å². The summed E-state index contributed by atoms with van der Waals surface area (Å²) in [6.45, 7) is 6.61. The average Bonchev–Trinajstić information content (AvgIpc) is 2.72. The van der Waals surface area contributed by atoms with Crippen molar-refractivity contribution in [2.75, 3.05) is 0 Å². The highest BCUT2D eigenvalue weighted by Gasteiger charge is 2.45. The van der Waals surface area contributed by atoms with E-state index in [-0.39, 0.29) is 0 Å². The summed E-state index contributed by atoms with van der Waals surface area (Å²) in [5, 5.41) is -0.774. The number of hydrogen-bond acceptors (Lipinski definition) is 1. The number of hydrogen-bond donors (Lipinski definition) is 0. The number of aromatic nitrogens is 1. The molecule has 0 bridgehead atoms. The molecule has 3 atom stereocenters. The molecule has 3 unspecified atom stereocenters. The average molecular weight is 375 g/mol. The van der Waals surface area contributed by atoms with E-state index in [0.29, 0.717) is 17.8 Å². The Labute approximate surface area is 177 Å². The Morgan fingerprint density at radius 3 is 2.24 bits per heavy atom. The fraction of sp³-hybridized carbons (Fsp3) is 0.346. The molecule has 1 heterocycles. The van der Waals surface area contributed by atoms with Crippen LogP contribution in [0, 0.1) is 24.7 Å². The summed E-state index contributed by atoms with van der Waals surface area (Å²) < 4.78 is 0. The molecule has 1 aliphatic carbocycles. The highest BCUT2D eigenvalue weighted by Crippen LogP contribution is 2.50. The second kappa shape index (κ2) is 7.86. The monoisotopic (exact) mass is 375 g/mol. The van der Waals surface area contributed by atoms with Crippen molar-refractivity contribution in [3.8, 4) is 22.4 Å². The molecule has 4 radical (unpaired) electrons. The highest BCUT2D eigenvalue weighted by molar-refractivity contribution is 6.40. The molecule has 142 valence electrons. The minimum Gasteiger partial charge on any atom is -0.256 e. The van der Waals surface area contributed by atoms with Gasteiger partial charge in [-0.3, -0.25) is 4.98 Å². The zero-order valence-electron chi connectivity index (χ0n) is 17.6. The van der Waals surface area contributed by atoms with Crippen LogP contribution >= 0.6 is 0 Å². The van der Waals surface area contributed by atoms with Crippen molar-refractivity contribution in [3.63, 3.8) is 0 Å². The van der Waals surface area contributed by atoms with Crippen molar-refractivity contribution < 1.29 is 0 Å². The second-order valence-electron chi connectivity index (χ2n) is 8.66. The van der Waals surface area contributed by atoms with Crippen LogP contribution < -0.4 is 0 Å². The molecule has 1 fully saturated rings. The van der Waals surface area contributed by atoms with Crippen molar-refractivity contribution in [2.45, 2.75) is 38.8 Å². The van der Waals surface area contributed by atoms with E-state index in [1.165, 1.54) is 17.5 Å². The van der Waals surface area contributed by atoms with Crippen LogP contribution in [0.3, 0.4) is 0 Å². The summed E-state index contributed by atoms with van der Waals surface area (Å²) in [6, 6.07) is 20.9. The fourth-order valence-corrected chi connectivity index (χ4v) is 5.05. The van der Waals surface area contributed by atoms with Gasteiger partial charge in [-0.25, -0.2) is 0 Å². The Morgan fingerprint density at radius 2 is 1.66 bits per heavy atom. The molecule has 3 heteroatoms. The zero-order valence-corrected chi connectivity index (χ0v) is 17.6. The molecular formula is C26H27B2N. The van der Waals surface area contributed by atoms with E-state index < -0.39 is 5.21 Å². The van der Waals surface area contributed by atoms with E-state index >= 15 is 0 Å². The van der Waals surface area contributed by atoms with Crippen LogP contribution in [0.2, 0.25) is 0 Å². The fourth-order valence-electron chi connectivity index (χ4n) is 5.05. The largest absolute Gasteiger partial charge is 0.256 e. The van der Waals surface area contributed by atoms with Crippen LogP contribution in [0.4, 0.5) is 0 Å². The standard InChI is InChI=1S/C26H27B2N/c1-4-19-15-18(3)25(19)26(27,28)22-12-9-20(10-13-22)21-11-14-24(29-16-21)23-8-6-5-7-17(23)2/h5-14,16,18-19,25H,4,15H2,1-3H3. The number of aryl methyl sites for hydroxylation is 1. The van der Waals surface area contributed by atoms with Gasteiger partial charge in [-0.1, -0.05) is 85.6 Å². The summed E-state index contributed by atoms with van der Waals surface area (Å²) >= 11 is 0. The Balaban J connectivity index is 1.56. The summed E-state index contributed by atoms with van der Waals surface area (Å²) in [5.74, 6) is 1.54. The molecule has 1 saturated carbocycles. The van der Waals surface area contributed by atoms with Crippen LogP contribution in [0.5, 0.6) is 0 Å². The van der Waals surface area contributed by atoms with Gasteiger partial charge in [0.15, 0.2) is 0 Å². The van der Waals surface area contributed by atoms with E-state index in [4.69, 9.17) is 15.7 Å². The first kappa shape index (κ1) is 20.0. The lowest BCUT2D eigenvalue weighted by molar-refractivity contribution is 0.0650. The van der Waals surface area contributed by atoms with Crippen LogP contribution in [-0.2, 0) is 5.21 Å². The van der Waals surface area contributed by atoms with Crippen molar-refractivity contribution in [1.29, 1.82) is 0 Å². The van der Waals surface area contributed by atoms with Gasteiger partial charge in [-0.2, -0.15) is 0 Å². The minimum absolute atomic E-state index is 0.341. The normalized spacial score (nSPS) is 21.6. The summed E-state index contributed by atoms with van der Waals surface area (Å²) in [5.41, 5.74) is 6.64. The summed E-state index contributed by atoms with van der Waals surface area (Å²) in [7, 11) is 13.3. The Kier molecular flexibility index (Phi) is 5.42. The lowest BCUT2D eigenvalue weighted by Gasteiger charge is -2.53. The molecule has 4 rings (SSSR count). The molecule has 29 heavy (non-hydrogen) atoms. The molecule has 1 aliphatic rings. The molecule has 0 spiro atoms. The minimum atomic E-state index is -0.774. The Hall–Kier alpha value is -2.28. The van der Waals surface area contributed by atoms with Gasteiger partial charge in [0.1, 0.15) is 0 Å². The third kappa shape index (κ3) is 3.68. The molecular weight excluding hydrogens is 348 g/mol. The molecule has 0 aliphatic heterocycles. The second-order valence-corrected chi connectivity index (χ2v) is 8.66. The van der Waals surface area contributed by atoms with Gasteiger partial charge in [-0.15, -0.1) is 0 Å². The smallest absolute Gasteiger partial charge is 0.0705 e. The van der Waals surface area contributed by atoms with Crippen LogP contribution in [0.25, 0.3) is 22.4 Å². The van der Waals surface area contributed by atoms with Gasteiger partial charge in [0, 0.05) is 17.3 Å². The molecule has 2 aromatic carbocycles. The predicted octanol–water partition coefficient (Wildman–Crippen LogP) is 5.90. The first-order valence-electron chi connectivity index (χ1n) is 10.6. The maximum Gasteiger partial charge on any atom is 0.0705 e. The molecule has 0 saturated heterocycles. The number of rotatable bonds is 5. The topological polar surface area (TPSA) is 12.9 Å². The predicted molar refractivity (Wildman–Crippen MR) is 124 cm³/mol. The molecule has 3 aromatic rings. The third-order valence-electron chi connectivity index (χ3n) is 6.77. The zero-order chi connectivity index (χ0) is 20.6. The highest BCUT2D eigenvalue weighted by atomic mass is 14.7. The summed E-state index contributed by atoms with van der Waals surface area (Å²) in [6.07, 6.45) is 4.31. The molecule has 0 amide bonds. The van der Waals surface area contributed by atoms with Crippen LogP contribution in [-0.4, -0.2) is 20.7 Å². The SMILES string of the molecule is [B]C([B])(c1ccc(-c2ccc(-c3ccccc3C)nc2)cc1)C1C(C)CC1CC. The number of pyridine rings is 1. The lowest BCUT2D eigenvalue weighted by Crippen LogP contribution is -2.50. The van der Waals surface area contributed by atoms with Crippen molar-refractivity contribution in [3.05, 3.63) is 78.0 Å². The number of benzene rings is 2. The Morgan fingerprint density at radius 1 is 0.966 bits per heavy atom. The van der Waals surface area contributed by atoms with Crippen molar-refractivity contribution >= 4 is 15.7 Å². The van der Waals surface area contributed by atoms with Crippen molar-refractivity contribution in [1.82, 2.24) is 4.98 Å². The maximum absolute atomic E-state index is 6.65. The van der Waals surface area contributed by atoms with Gasteiger partial charge >= 0.3 is 0 Å². The van der Waals surface area contributed by atoms with Crippen LogP contribution in [0.15, 0.2) is 66.9 Å². The number of nitrogens with zero attached hydrogens (tertiary/aromatic N) is 1. The molecule has 1 nitrogen and oxygen atoms in total. The molecule has 1 aromatic heterocycles. The quantitative estimate of drug-likeness (QED) is 0.507. The van der Waals surface area contributed by atoms with Gasteiger partial charge in [-0.05, 0) is 48.3 Å². The van der Waals surface area contributed by atoms with Gasteiger partial charge in [0.25, 0.3) is 0 Å². The van der Waals surface area contributed by atoms with E-state index in [1.807, 2.05) is 6.20 Å². The maximum atomic E-state index is 6.65. The summed E-state index contributed by atoms with van der Waals surface area (Å²) in [4.78, 5) is 4.69. The lowest BCUT2D eigenvalue weighted by atomic mass is 9.37. The Bertz CT molecular complexity index is 976. The van der Waals surface area contributed by atoms with E-state index in [1.54, 1.807) is 0 Å². The first-order chi connectivity index (χ1) is 13.9. The van der Waals surface area contributed by atoms with E-state index in [0.717, 1.165) is 28.8 Å². The van der Waals surface area contributed by atoms with Gasteiger partial charge in [0.2, 0.25) is 0 Å². The third-order valence-corrected chi connectivity index (χ3v) is 6.77. The van der Waals surface area contributed by atoms with Crippen molar-refractivity contribution in [2.24, 2.45) is 17.8 Å². The first-order valence-corrected chi connectivity index (χ1v) is 10.6. The van der Waals surface area contributed by atoms with E-state index in [9.17, 15) is 0 Å². The molecule has 0 N–H and O–H groups in total. The van der Waals surface area contributed by atoms with Gasteiger partial charge < -0.3 is 0 Å².